The van der Waals surface area contributed by atoms with Crippen LogP contribution in [0, 0.1) is 0 Å². The van der Waals surface area contributed by atoms with Gasteiger partial charge in [0, 0.05) is 7.05 Å². The second kappa shape index (κ2) is 6.74. The van der Waals surface area contributed by atoms with Crippen molar-refractivity contribution in [2.75, 3.05) is 21.3 Å². The average molecular weight is 307 g/mol. The summed E-state index contributed by atoms with van der Waals surface area (Å²) in [7, 11) is 6.14. The van der Waals surface area contributed by atoms with Gasteiger partial charge in [0.25, 0.3) is 5.91 Å². The summed E-state index contributed by atoms with van der Waals surface area (Å²) in [6, 6.07) is 3.24. The first-order chi connectivity index (χ1) is 10.6. The predicted molar refractivity (Wildman–Crippen MR) is 76.1 cm³/mol. The quantitative estimate of drug-likeness (QED) is 0.811. The van der Waals surface area contributed by atoms with Gasteiger partial charge in [0.2, 0.25) is 5.75 Å². The smallest absolute Gasteiger partial charge is 0.255 e. The highest BCUT2D eigenvalue weighted by Gasteiger charge is 2.20. The molecule has 1 aromatic carbocycles. The Hall–Kier alpha value is -2.84. The molecule has 0 fully saturated rings. The number of nitrogens with one attached hydrogen (secondary N) is 1. The van der Waals surface area contributed by atoms with Crippen molar-refractivity contribution in [2.24, 2.45) is 7.05 Å². The Balaban J connectivity index is 2.24. The lowest BCUT2D eigenvalue weighted by Gasteiger charge is -2.15. The van der Waals surface area contributed by atoms with E-state index in [1.54, 1.807) is 19.2 Å². The highest BCUT2D eigenvalue weighted by atomic mass is 16.5. The maximum atomic E-state index is 12.3. The highest BCUT2D eigenvalue weighted by molar-refractivity contribution is 5.98. The molecule has 118 valence electrons. The van der Waals surface area contributed by atoms with Gasteiger partial charge in [0.05, 0.1) is 33.4 Å². The number of benzene rings is 1. The fourth-order valence-electron chi connectivity index (χ4n) is 1.93. The first kappa shape index (κ1) is 15.5. The van der Waals surface area contributed by atoms with Crippen molar-refractivity contribution in [3.8, 4) is 17.2 Å². The molecule has 0 unspecified atom stereocenters. The number of nitrogens with zero attached hydrogens (tertiary/aromatic N) is 4. The van der Waals surface area contributed by atoms with Crippen molar-refractivity contribution < 1.29 is 19.0 Å². The normalized spacial score (nSPS) is 10.2. The summed E-state index contributed by atoms with van der Waals surface area (Å²) in [4.78, 5) is 12.3. The minimum Gasteiger partial charge on any atom is -0.493 e. The third kappa shape index (κ3) is 2.92. The zero-order chi connectivity index (χ0) is 16.1. The topological polar surface area (TPSA) is 100 Å². The van der Waals surface area contributed by atoms with E-state index in [-0.39, 0.29) is 12.5 Å². The van der Waals surface area contributed by atoms with Crippen LogP contribution in [0.3, 0.4) is 0 Å². The van der Waals surface area contributed by atoms with Crippen LogP contribution < -0.4 is 19.5 Å². The molecule has 2 aromatic rings. The van der Waals surface area contributed by atoms with Gasteiger partial charge < -0.3 is 19.5 Å². The van der Waals surface area contributed by atoms with Crippen molar-refractivity contribution in [3.05, 3.63) is 23.5 Å². The SMILES string of the molecule is COc1ccc(C(=O)NCc2nnnn2C)c(OC)c1OC. The molecule has 1 heterocycles. The van der Waals surface area contributed by atoms with E-state index < -0.39 is 0 Å². The molecule has 0 saturated carbocycles. The molecular formula is C13H17N5O4. The lowest BCUT2D eigenvalue weighted by Crippen LogP contribution is -2.25. The molecule has 1 amide bonds. The Morgan fingerprint density at radius 2 is 1.91 bits per heavy atom. The van der Waals surface area contributed by atoms with Crippen LogP contribution in [-0.2, 0) is 13.6 Å². The van der Waals surface area contributed by atoms with Crippen molar-refractivity contribution in [3.63, 3.8) is 0 Å². The monoisotopic (exact) mass is 307 g/mol. The third-order valence-electron chi connectivity index (χ3n) is 3.06. The van der Waals surface area contributed by atoms with E-state index in [1.807, 2.05) is 0 Å². The number of ether oxygens (including phenoxy) is 3. The maximum absolute atomic E-state index is 12.3. The van der Waals surface area contributed by atoms with Crippen LogP contribution in [0.2, 0.25) is 0 Å². The highest BCUT2D eigenvalue weighted by Crippen LogP contribution is 2.39. The number of aromatic nitrogens is 4. The van der Waals surface area contributed by atoms with Crippen molar-refractivity contribution in [2.45, 2.75) is 6.54 Å². The molecule has 0 atom stereocenters. The van der Waals surface area contributed by atoms with Gasteiger partial charge in [-0.15, -0.1) is 5.10 Å². The van der Waals surface area contributed by atoms with Crippen LogP contribution in [0.25, 0.3) is 0 Å². The predicted octanol–water partition coefficient (Wildman–Crippen LogP) is 0.166. The van der Waals surface area contributed by atoms with Gasteiger partial charge in [-0.25, -0.2) is 4.68 Å². The number of rotatable bonds is 6. The number of carbonyl (C=O) groups excluding carboxylic acids is 1. The molecule has 2 rings (SSSR count). The zero-order valence-corrected chi connectivity index (χ0v) is 12.8. The van der Waals surface area contributed by atoms with E-state index in [1.165, 1.54) is 26.0 Å². The molecule has 22 heavy (non-hydrogen) atoms. The minimum atomic E-state index is -0.333. The molecule has 0 aliphatic carbocycles. The average Bonchev–Trinajstić information content (AvgIpc) is 2.95. The Morgan fingerprint density at radius 3 is 2.45 bits per heavy atom. The summed E-state index contributed by atoms with van der Waals surface area (Å²) in [6.07, 6.45) is 0. The lowest BCUT2D eigenvalue weighted by molar-refractivity contribution is 0.0945. The summed E-state index contributed by atoms with van der Waals surface area (Å²) in [5.41, 5.74) is 0.329. The van der Waals surface area contributed by atoms with Gasteiger partial charge in [-0.05, 0) is 22.6 Å². The second-order valence-corrected chi connectivity index (χ2v) is 4.28. The molecule has 9 heteroatoms. The van der Waals surface area contributed by atoms with Gasteiger partial charge >= 0.3 is 0 Å². The van der Waals surface area contributed by atoms with Crippen molar-refractivity contribution in [1.29, 1.82) is 0 Å². The molecular weight excluding hydrogens is 290 g/mol. The zero-order valence-electron chi connectivity index (χ0n) is 12.8. The second-order valence-electron chi connectivity index (χ2n) is 4.28. The summed E-state index contributed by atoms with van der Waals surface area (Å²) < 4.78 is 17.2. The van der Waals surface area contributed by atoms with Crippen LogP contribution >= 0.6 is 0 Å². The number of aryl methyl sites for hydroxylation is 1. The maximum Gasteiger partial charge on any atom is 0.255 e. The number of amides is 1. The van der Waals surface area contributed by atoms with Gasteiger partial charge in [-0.3, -0.25) is 4.79 Å². The van der Waals surface area contributed by atoms with E-state index in [4.69, 9.17) is 14.2 Å². The molecule has 1 N–H and O–H groups in total. The van der Waals surface area contributed by atoms with E-state index in [0.717, 1.165) is 0 Å². The molecule has 0 aliphatic heterocycles. The number of tetrazole rings is 1. The van der Waals surface area contributed by atoms with Crippen LogP contribution in [0.1, 0.15) is 16.2 Å². The van der Waals surface area contributed by atoms with Gasteiger partial charge in [-0.2, -0.15) is 0 Å². The van der Waals surface area contributed by atoms with E-state index in [0.29, 0.717) is 28.6 Å². The van der Waals surface area contributed by atoms with Crippen molar-refractivity contribution in [1.82, 2.24) is 25.5 Å². The Labute approximate surface area is 127 Å². The van der Waals surface area contributed by atoms with Crippen molar-refractivity contribution >= 4 is 5.91 Å². The van der Waals surface area contributed by atoms with E-state index >= 15 is 0 Å². The number of hydrogen-bond donors (Lipinski definition) is 1. The first-order valence-electron chi connectivity index (χ1n) is 6.40. The van der Waals surface area contributed by atoms with Crippen LogP contribution in [-0.4, -0.2) is 47.4 Å². The lowest BCUT2D eigenvalue weighted by atomic mass is 10.1. The van der Waals surface area contributed by atoms with Crippen LogP contribution in [0.15, 0.2) is 12.1 Å². The standard InChI is InChI=1S/C13H17N5O4/c1-18-10(15-16-17-18)7-14-13(19)8-5-6-9(20-2)12(22-4)11(8)21-3/h5-6H,7H2,1-4H3,(H,14,19). The molecule has 1 aromatic heterocycles. The molecule has 0 spiro atoms. The summed E-state index contributed by atoms with van der Waals surface area (Å²) in [6.45, 7) is 0.194. The molecule has 0 aliphatic rings. The number of methoxy groups -OCH3 is 3. The largest absolute Gasteiger partial charge is 0.493 e. The van der Waals surface area contributed by atoms with Gasteiger partial charge in [0.15, 0.2) is 17.3 Å². The minimum absolute atomic E-state index is 0.194. The third-order valence-corrected chi connectivity index (χ3v) is 3.06. The molecule has 0 bridgehead atoms. The summed E-state index contributed by atoms with van der Waals surface area (Å²) in [5.74, 6) is 1.34. The fourth-order valence-corrected chi connectivity index (χ4v) is 1.93. The number of hydrogen-bond acceptors (Lipinski definition) is 7. The molecule has 9 nitrogen and oxygen atoms in total. The van der Waals surface area contributed by atoms with E-state index in [2.05, 4.69) is 20.8 Å². The Bertz CT molecular complexity index is 670. The summed E-state index contributed by atoms with van der Waals surface area (Å²) >= 11 is 0. The van der Waals surface area contributed by atoms with Crippen LogP contribution in [0.5, 0.6) is 17.2 Å². The van der Waals surface area contributed by atoms with Gasteiger partial charge in [-0.1, -0.05) is 0 Å². The Morgan fingerprint density at radius 1 is 1.18 bits per heavy atom. The molecule has 0 radical (unpaired) electrons. The fraction of sp³-hybridized carbons (Fsp3) is 0.385. The Kier molecular flexibility index (Phi) is 4.77. The van der Waals surface area contributed by atoms with Crippen LogP contribution in [0.4, 0.5) is 0 Å². The number of carbonyl (C=O) groups is 1. The van der Waals surface area contributed by atoms with E-state index in [9.17, 15) is 4.79 Å². The molecule has 0 saturated heterocycles. The summed E-state index contributed by atoms with van der Waals surface area (Å²) in [5, 5.41) is 13.7. The first-order valence-corrected chi connectivity index (χ1v) is 6.40. The van der Waals surface area contributed by atoms with Gasteiger partial charge in [0.1, 0.15) is 0 Å².